The Morgan fingerprint density at radius 3 is 2.09 bits per heavy atom. The lowest BCUT2D eigenvalue weighted by atomic mass is 9.46. The second-order valence-electron chi connectivity index (χ2n) is 7.05. The smallest absolute Gasteiger partial charge is 0.368 e. The summed E-state index contributed by atoms with van der Waals surface area (Å²) in [6, 6.07) is 10.3. The molecule has 0 atom stereocenters. The van der Waals surface area contributed by atoms with E-state index in [1.807, 2.05) is 19.1 Å². The fourth-order valence-corrected chi connectivity index (χ4v) is 4.20. The first-order chi connectivity index (χ1) is 11.4. The molecule has 2 nitrogen and oxygen atoms in total. The van der Waals surface area contributed by atoms with Crippen LogP contribution < -0.4 is 0 Å². The van der Waals surface area contributed by atoms with Gasteiger partial charge in [-0.2, -0.15) is 0 Å². The highest BCUT2D eigenvalue weighted by atomic mass is 16.7. The van der Waals surface area contributed by atoms with Crippen LogP contribution in [-0.4, -0.2) is 6.92 Å². The van der Waals surface area contributed by atoms with E-state index in [1.54, 1.807) is 0 Å². The van der Waals surface area contributed by atoms with E-state index in [4.69, 9.17) is 9.39 Å². The zero-order valence-corrected chi connectivity index (χ0v) is 14.4. The van der Waals surface area contributed by atoms with E-state index < -0.39 is 0 Å². The molecule has 2 aliphatic rings. The Morgan fingerprint density at radius 1 is 1.00 bits per heavy atom. The van der Waals surface area contributed by atoms with Gasteiger partial charge in [0.2, 0.25) is 0 Å². The Kier molecular flexibility index (Phi) is 6.07. The van der Waals surface area contributed by atoms with E-state index >= 15 is 0 Å². The van der Waals surface area contributed by atoms with Crippen LogP contribution >= 0.6 is 0 Å². The minimum absolute atomic E-state index is 0.363. The van der Waals surface area contributed by atoms with Gasteiger partial charge in [0.25, 0.3) is 5.95 Å². The lowest BCUT2D eigenvalue weighted by Gasteiger charge is -2.27. The van der Waals surface area contributed by atoms with Crippen molar-refractivity contribution in [1.29, 1.82) is 0 Å². The molecule has 2 saturated carbocycles. The van der Waals surface area contributed by atoms with Crippen LogP contribution in [0.15, 0.2) is 42.4 Å². The lowest BCUT2D eigenvalue weighted by Crippen LogP contribution is -2.29. The van der Waals surface area contributed by atoms with Crippen molar-refractivity contribution in [2.24, 2.45) is 0 Å². The van der Waals surface area contributed by atoms with Crippen LogP contribution in [0.4, 0.5) is 0 Å². The van der Waals surface area contributed by atoms with Gasteiger partial charge in [-0.3, -0.25) is 0 Å². The molecule has 1 aromatic rings. The Balaban J connectivity index is 1.60. The van der Waals surface area contributed by atoms with E-state index in [-0.39, 0.29) is 0 Å². The first kappa shape index (κ1) is 16.5. The van der Waals surface area contributed by atoms with E-state index in [9.17, 15) is 0 Å². The van der Waals surface area contributed by atoms with Gasteiger partial charge in [-0.05, 0) is 30.2 Å². The zero-order valence-electron chi connectivity index (χ0n) is 14.4. The first-order valence-corrected chi connectivity index (χ1v) is 9.36. The van der Waals surface area contributed by atoms with Crippen molar-refractivity contribution in [3.63, 3.8) is 0 Å². The van der Waals surface area contributed by atoms with Crippen LogP contribution in [0.3, 0.4) is 0 Å². The Labute approximate surface area is 141 Å². The van der Waals surface area contributed by atoms with Crippen molar-refractivity contribution in [3.8, 4) is 0 Å². The fraction of sp³-hybridized carbons (Fsp3) is 0.600. The molecule has 124 valence electrons. The van der Waals surface area contributed by atoms with Crippen LogP contribution in [0.25, 0.3) is 0 Å². The van der Waals surface area contributed by atoms with Crippen LogP contribution in [0.5, 0.6) is 0 Å². The van der Waals surface area contributed by atoms with Gasteiger partial charge in [-0.25, -0.2) is 0 Å². The molecular formula is C20H29BO2. The average molecular weight is 312 g/mol. The predicted molar refractivity (Wildman–Crippen MR) is 96.3 cm³/mol. The summed E-state index contributed by atoms with van der Waals surface area (Å²) in [6.07, 6.45) is 12.8. The molecule has 23 heavy (non-hydrogen) atoms. The second kappa shape index (κ2) is 8.47. The minimum Gasteiger partial charge on any atom is -0.536 e. The van der Waals surface area contributed by atoms with Gasteiger partial charge in [0.15, 0.2) is 0 Å². The monoisotopic (exact) mass is 312 g/mol. The summed E-state index contributed by atoms with van der Waals surface area (Å²) in [7, 11) is 0. The maximum atomic E-state index is 6.43. The van der Waals surface area contributed by atoms with Gasteiger partial charge in [-0.1, -0.05) is 81.7 Å². The van der Waals surface area contributed by atoms with Crippen molar-refractivity contribution < 1.29 is 9.39 Å². The van der Waals surface area contributed by atoms with Gasteiger partial charge >= 0.3 is 6.92 Å². The van der Waals surface area contributed by atoms with Crippen LogP contribution in [0, 0.1) is 0 Å². The van der Waals surface area contributed by atoms with Crippen molar-refractivity contribution in [1.82, 2.24) is 0 Å². The third-order valence-electron chi connectivity index (χ3n) is 5.44. The highest BCUT2D eigenvalue weighted by Gasteiger charge is 2.40. The topological polar surface area (TPSA) is 18.5 Å². The predicted octanol–water partition coefficient (Wildman–Crippen LogP) is 5.96. The first-order valence-electron chi connectivity index (χ1n) is 9.36. The number of ether oxygens (including phenoxy) is 1. The number of benzene rings is 1. The molecule has 3 heteroatoms. The lowest BCUT2D eigenvalue weighted by molar-refractivity contribution is 0.0907. The third-order valence-corrected chi connectivity index (χ3v) is 5.44. The van der Waals surface area contributed by atoms with Crippen molar-refractivity contribution in [2.75, 3.05) is 0 Å². The largest absolute Gasteiger partial charge is 0.536 e. The maximum Gasteiger partial charge on any atom is 0.368 e. The molecule has 0 aliphatic heterocycles. The average Bonchev–Trinajstić information content (AvgIpc) is 3.30. The molecule has 0 saturated heterocycles. The summed E-state index contributed by atoms with van der Waals surface area (Å²) in [6.45, 7) is 2.96. The maximum absolute atomic E-state index is 6.43. The normalized spacial score (nSPS) is 20.0. The van der Waals surface area contributed by atoms with Gasteiger partial charge < -0.3 is 9.39 Å². The van der Waals surface area contributed by atoms with Gasteiger partial charge in [0.05, 0.1) is 0 Å². The number of hydrogen-bond acceptors (Lipinski definition) is 2. The molecule has 3 rings (SSSR count). The molecule has 0 N–H and O–H groups in total. The highest BCUT2D eigenvalue weighted by molar-refractivity contribution is 6.55. The highest BCUT2D eigenvalue weighted by Crippen LogP contribution is 2.44. The van der Waals surface area contributed by atoms with Crippen molar-refractivity contribution >= 4 is 6.92 Å². The minimum atomic E-state index is 0.363. The van der Waals surface area contributed by atoms with Crippen molar-refractivity contribution in [3.05, 3.63) is 47.9 Å². The fourth-order valence-electron chi connectivity index (χ4n) is 4.20. The van der Waals surface area contributed by atoms with Crippen LogP contribution in [0.2, 0.25) is 11.6 Å². The zero-order chi connectivity index (χ0) is 15.9. The van der Waals surface area contributed by atoms with E-state index in [2.05, 4.69) is 24.3 Å². The van der Waals surface area contributed by atoms with Gasteiger partial charge in [0, 0.05) is 0 Å². The molecule has 2 fully saturated rings. The molecule has 2 aliphatic carbocycles. The summed E-state index contributed by atoms with van der Waals surface area (Å²) < 4.78 is 12.4. The molecule has 1 aromatic carbocycles. The van der Waals surface area contributed by atoms with Crippen molar-refractivity contribution in [2.45, 2.75) is 76.5 Å². The second-order valence-corrected chi connectivity index (χ2v) is 7.05. The molecule has 0 aromatic heterocycles. The summed E-state index contributed by atoms with van der Waals surface area (Å²) >= 11 is 0. The SMILES string of the molecule is C/C=C(/OCc1ccccc1)OB(C1CCCC1)C1CCCC1. The van der Waals surface area contributed by atoms with E-state index in [1.165, 1.54) is 56.9 Å². The summed E-state index contributed by atoms with van der Waals surface area (Å²) in [5, 5.41) is 0. The third kappa shape index (κ3) is 4.56. The number of rotatable bonds is 7. The Bertz CT molecular complexity index is 472. The van der Waals surface area contributed by atoms with Crippen LogP contribution in [0.1, 0.15) is 63.9 Å². The van der Waals surface area contributed by atoms with E-state index in [0.29, 0.717) is 13.5 Å². The molecule has 0 spiro atoms. The molecule has 0 radical (unpaired) electrons. The Morgan fingerprint density at radius 2 is 1.57 bits per heavy atom. The molecule has 0 heterocycles. The summed E-state index contributed by atoms with van der Waals surface area (Å²) in [5.41, 5.74) is 1.19. The number of hydrogen-bond donors (Lipinski definition) is 0. The quantitative estimate of drug-likeness (QED) is 0.457. The summed E-state index contributed by atoms with van der Waals surface area (Å²) in [4.78, 5) is 0. The van der Waals surface area contributed by atoms with E-state index in [0.717, 1.165) is 17.6 Å². The molecule has 0 bridgehead atoms. The molecule has 0 unspecified atom stereocenters. The van der Waals surface area contributed by atoms with Gasteiger partial charge in [0.1, 0.15) is 6.61 Å². The van der Waals surface area contributed by atoms with Gasteiger partial charge in [-0.15, -0.1) is 0 Å². The molecular weight excluding hydrogens is 283 g/mol. The number of allylic oxidation sites excluding steroid dienone is 1. The molecule has 0 amide bonds. The summed E-state index contributed by atoms with van der Waals surface area (Å²) in [5.74, 6) is 2.18. The standard InChI is InChI=1S/C20H29BO2/c1-2-20(22-16-17-10-4-3-5-11-17)23-21(18-12-6-7-13-18)19-14-8-9-15-19/h2-5,10-11,18-19H,6-9,12-16H2,1H3/b20-2-. The Hall–Kier alpha value is -1.38. The van der Waals surface area contributed by atoms with Crippen LogP contribution in [-0.2, 0) is 16.0 Å².